The van der Waals surface area contributed by atoms with E-state index < -0.39 is 47.8 Å². The molecule has 0 aromatic rings. The molecule has 0 heterocycles. The average Bonchev–Trinajstić information content (AvgIpc) is 2.88. The van der Waals surface area contributed by atoms with Gasteiger partial charge in [-0.1, -0.05) is 13.3 Å². The fourth-order valence-electron chi connectivity index (χ4n) is 10.6. The summed E-state index contributed by atoms with van der Waals surface area (Å²) in [4.78, 5) is 25.1. The normalized spacial score (nSPS) is 40.0. The third-order valence-electron chi connectivity index (χ3n) is 11.2. The first-order chi connectivity index (χ1) is 20.5. The Morgan fingerprint density at radius 3 is 1.39 bits per heavy atom. The lowest BCUT2D eigenvalue weighted by molar-refractivity contribution is -0.214. The van der Waals surface area contributed by atoms with Crippen LogP contribution in [0.15, 0.2) is 0 Å². The van der Waals surface area contributed by atoms with Crippen LogP contribution in [0.1, 0.15) is 118 Å². The number of hydrogen-bond donors (Lipinski definition) is 0. The van der Waals surface area contributed by atoms with Gasteiger partial charge in [0.25, 0.3) is 11.8 Å². The maximum atomic E-state index is 13.0. The molecule has 0 N–H and O–H groups in total. The minimum atomic E-state index is -2.97. The molecule has 8 aliphatic rings. The van der Waals surface area contributed by atoms with Crippen molar-refractivity contribution in [3.63, 3.8) is 0 Å². The van der Waals surface area contributed by atoms with Crippen molar-refractivity contribution in [2.45, 2.75) is 141 Å². The van der Waals surface area contributed by atoms with Crippen LogP contribution in [0.3, 0.4) is 0 Å². The molecule has 0 saturated heterocycles. The Kier molecular flexibility index (Phi) is 9.49. The summed E-state index contributed by atoms with van der Waals surface area (Å²) < 4.78 is 74.2. The minimum Gasteiger partial charge on any atom is -0.459 e. The van der Waals surface area contributed by atoms with Crippen LogP contribution in [0, 0.1) is 34.5 Å². The molecule has 8 saturated carbocycles. The van der Waals surface area contributed by atoms with Crippen molar-refractivity contribution in [3.8, 4) is 0 Å². The van der Waals surface area contributed by atoms with Crippen LogP contribution >= 0.6 is 0 Å². The monoisotopic (exact) mass is 632 g/mol. The van der Waals surface area contributed by atoms with Crippen molar-refractivity contribution >= 4 is 11.9 Å². The fourth-order valence-corrected chi connectivity index (χ4v) is 10.6. The minimum absolute atomic E-state index is 0.215. The van der Waals surface area contributed by atoms with Gasteiger partial charge < -0.3 is 18.9 Å². The van der Waals surface area contributed by atoms with Crippen molar-refractivity contribution in [2.24, 2.45) is 34.5 Å². The molecule has 8 aliphatic carbocycles. The molecule has 8 fully saturated rings. The molecule has 0 aromatic carbocycles. The second-order valence-electron chi connectivity index (χ2n) is 15.8. The molecule has 0 aliphatic heterocycles. The molecule has 8 bridgehead atoms. The van der Waals surface area contributed by atoms with Crippen molar-refractivity contribution in [2.75, 3.05) is 26.4 Å². The Morgan fingerprint density at radius 1 is 0.659 bits per heavy atom. The largest absolute Gasteiger partial charge is 0.459 e. The molecule has 8 rings (SSSR count). The Bertz CT molecular complexity index is 1020. The van der Waals surface area contributed by atoms with E-state index in [1.54, 1.807) is 0 Å². The predicted octanol–water partition coefficient (Wildman–Crippen LogP) is 7.90. The van der Waals surface area contributed by atoms with Gasteiger partial charge in [-0.15, -0.1) is 0 Å². The number of unbranched alkanes of at least 4 members (excludes halogenated alkanes) is 1. The van der Waals surface area contributed by atoms with Crippen molar-refractivity contribution < 1.29 is 46.1 Å². The first-order valence-electron chi connectivity index (χ1n) is 16.9. The standard InChI is InChI=1S/C18H28F2O3.C16H24F2O3/c1-3-4-5-23-18-9-13-6-14(10-18)8-17(7-13,11-18)15(21)22-12-16(2,19)20;1-3-21-16-7-11-4-12(8-16)6-15(5-11,9-16)13(19)20-10-14(2,17)18/h13-14H,3-12H2,1-2H3;11-12H,3-10H2,1-2H3. The van der Waals surface area contributed by atoms with E-state index in [1.807, 2.05) is 6.92 Å². The van der Waals surface area contributed by atoms with Crippen molar-refractivity contribution in [1.29, 1.82) is 0 Å². The zero-order valence-corrected chi connectivity index (χ0v) is 27.0. The van der Waals surface area contributed by atoms with E-state index in [-0.39, 0.29) is 11.2 Å². The second kappa shape index (κ2) is 12.3. The smallest absolute Gasteiger partial charge is 0.312 e. The molecular weight excluding hydrogens is 580 g/mol. The number of esters is 2. The lowest BCUT2D eigenvalue weighted by Crippen LogP contribution is -2.59. The Labute approximate surface area is 259 Å². The van der Waals surface area contributed by atoms with Crippen LogP contribution in [-0.4, -0.2) is 61.4 Å². The predicted molar refractivity (Wildman–Crippen MR) is 155 cm³/mol. The summed E-state index contributed by atoms with van der Waals surface area (Å²) in [6.45, 7) is 5.41. The van der Waals surface area contributed by atoms with Gasteiger partial charge in [-0.3, -0.25) is 9.59 Å². The third-order valence-corrected chi connectivity index (χ3v) is 11.2. The van der Waals surface area contributed by atoms with Gasteiger partial charge >= 0.3 is 11.9 Å². The molecule has 10 heteroatoms. The highest BCUT2D eigenvalue weighted by Gasteiger charge is 2.63. The van der Waals surface area contributed by atoms with E-state index in [0.29, 0.717) is 43.1 Å². The van der Waals surface area contributed by atoms with Gasteiger partial charge in [-0.05, 0) is 114 Å². The van der Waals surface area contributed by atoms with E-state index >= 15 is 0 Å². The maximum absolute atomic E-state index is 13.0. The Balaban J connectivity index is 0.000000175. The molecular formula is C34H52F4O6. The number of ether oxygens (including phenoxy) is 4. The zero-order chi connectivity index (χ0) is 32.0. The molecule has 0 radical (unpaired) electrons. The summed E-state index contributed by atoms with van der Waals surface area (Å²) in [6.07, 6.45) is 12.9. The number of carbonyl (C=O) groups is 2. The summed E-state index contributed by atoms with van der Waals surface area (Å²) in [5.74, 6) is -4.86. The van der Waals surface area contributed by atoms with Gasteiger partial charge in [-0.25, -0.2) is 17.6 Å². The molecule has 252 valence electrons. The molecule has 0 spiro atoms. The SMILES string of the molecule is CCCCOC12CC3CC(C1)CC(C(=O)OCC(C)(F)F)(C3)C2.CCOC12CC3CC(C1)CC(C(=O)OCC(C)(F)F)(C3)C2. The quantitative estimate of drug-likeness (QED) is 0.124. The lowest BCUT2D eigenvalue weighted by atomic mass is 9.48. The first-order valence-corrected chi connectivity index (χ1v) is 16.9. The van der Waals surface area contributed by atoms with Crippen molar-refractivity contribution in [1.82, 2.24) is 0 Å². The zero-order valence-electron chi connectivity index (χ0n) is 27.0. The highest BCUT2D eigenvalue weighted by Crippen LogP contribution is 2.64. The Hall–Kier alpha value is -1.42. The Morgan fingerprint density at radius 2 is 1.05 bits per heavy atom. The number of halogens is 4. The van der Waals surface area contributed by atoms with Crippen LogP contribution < -0.4 is 0 Å². The van der Waals surface area contributed by atoms with Gasteiger partial charge in [0.15, 0.2) is 13.2 Å². The van der Waals surface area contributed by atoms with Crippen LogP contribution in [0.25, 0.3) is 0 Å². The summed E-state index contributed by atoms with van der Waals surface area (Å²) in [7, 11) is 0. The summed E-state index contributed by atoms with van der Waals surface area (Å²) in [5, 5.41) is 0. The number of rotatable bonds is 12. The van der Waals surface area contributed by atoms with Gasteiger partial charge in [0, 0.05) is 27.1 Å². The van der Waals surface area contributed by atoms with Gasteiger partial charge in [0.05, 0.1) is 22.0 Å². The molecule has 4 atom stereocenters. The maximum Gasteiger partial charge on any atom is 0.312 e. The molecule has 0 amide bonds. The third kappa shape index (κ3) is 7.42. The lowest BCUT2D eigenvalue weighted by Gasteiger charge is -2.60. The van der Waals surface area contributed by atoms with Gasteiger partial charge in [0.2, 0.25) is 0 Å². The number of hydrogen-bond acceptors (Lipinski definition) is 6. The van der Waals surface area contributed by atoms with Gasteiger partial charge in [0.1, 0.15) is 0 Å². The van der Waals surface area contributed by atoms with E-state index in [2.05, 4.69) is 6.92 Å². The van der Waals surface area contributed by atoms with E-state index in [1.165, 1.54) is 0 Å². The van der Waals surface area contributed by atoms with E-state index in [4.69, 9.17) is 18.9 Å². The summed E-state index contributed by atoms with van der Waals surface area (Å²) >= 11 is 0. The van der Waals surface area contributed by atoms with Gasteiger partial charge in [-0.2, -0.15) is 0 Å². The first kappa shape index (κ1) is 33.9. The summed E-state index contributed by atoms with van der Waals surface area (Å²) in [5.41, 5.74) is -1.59. The van der Waals surface area contributed by atoms with Crippen LogP contribution in [0.2, 0.25) is 0 Å². The van der Waals surface area contributed by atoms with Crippen LogP contribution in [-0.2, 0) is 28.5 Å². The highest BCUT2D eigenvalue weighted by molar-refractivity contribution is 5.78. The topological polar surface area (TPSA) is 71.1 Å². The fraction of sp³-hybridized carbons (Fsp3) is 0.941. The van der Waals surface area contributed by atoms with Crippen LogP contribution in [0.4, 0.5) is 17.6 Å². The summed E-state index contributed by atoms with van der Waals surface area (Å²) in [6, 6.07) is 0. The molecule has 4 unspecified atom stereocenters. The molecule has 44 heavy (non-hydrogen) atoms. The number of alkyl halides is 4. The number of carbonyl (C=O) groups excluding carboxylic acids is 2. The average molecular weight is 633 g/mol. The van der Waals surface area contributed by atoms with Crippen LogP contribution in [0.5, 0.6) is 0 Å². The molecule has 6 nitrogen and oxygen atoms in total. The van der Waals surface area contributed by atoms with Crippen molar-refractivity contribution in [3.05, 3.63) is 0 Å². The second-order valence-corrected chi connectivity index (χ2v) is 15.8. The highest BCUT2D eigenvalue weighted by atomic mass is 19.3. The van der Waals surface area contributed by atoms with E-state index in [0.717, 1.165) is 97.5 Å². The van der Waals surface area contributed by atoms with E-state index in [9.17, 15) is 27.2 Å². The molecule has 0 aromatic heterocycles.